The molecule has 0 spiro atoms. The molecule has 0 aromatic carbocycles. The minimum atomic E-state index is 0.592. The van der Waals surface area contributed by atoms with Crippen LogP contribution in [0.2, 0.25) is 0 Å². The molecular formula is C8H12BrN3S. The number of rotatable bonds is 2. The standard InChI is InChI=1S/C8H12BrN3S/c1-4-3-6(5(4)2)10-8-12-11-7(9)13-8/h4-6H,3H2,1-2H3,(H,10,12). The molecule has 3 nitrogen and oxygen atoms in total. The van der Waals surface area contributed by atoms with Crippen LogP contribution < -0.4 is 5.32 Å². The molecule has 0 aliphatic heterocycles. The predicted octanol–water partition coefficient (Wildman–Crippen LogP) is 2.76. The van der Waals surface area contributed by atoms with Crippen LogP contribution in [0, 0.1) is 11.8 Å². The number of hydrogen-bond donors (Lipinski definition) is 1. The van der Waals surface area contributed by atoms with Gasteiger partial charge in [-0.1, -0.05) is 25.2 Å². The van der Waals surface area contributed by atoms with Gasteiger partial charge in [0, 0.05) is 6.04 Å². The highest BCUT2D eigenvalue weighted by atomic mass is 79.9. The van der Waals surface area contributed by atoms with Gasteiger partial charge in [-0.05, 0) is 34.2 Å². The molecule has 0 bridgehead atoms. The molecule has 13 heavy (non-hydrogen) atoms. The van der Waals surface area contributed by atoms with E-state index in [2.05, 4.69) is 45.3 Å². The zero-order valence-corrected chi connectivity index (χ0v) is 10.0. The van der Waals surface area contributed by atoms with Crippen LogP contribution in [0.3, 0.4) is 0 Å². The van der Waals surface area contributed by atoms with Gasteiger partial charge < -0.3 is 5.32 Å². The van der Waals surface area contributed by atoms with E-state index in [1.807, 2.05) is 0 Å². The summed E-state index contributed by atoms with van der Waals surface area (Å²) in [7, 11) is 0. The molecule has 1 aromatic rings. The minimum absolute atomic E-state index is 0.592. The molecule has 0 amide bonds. The van der Waals surface area contributed by atoms with Gasteiger partial charge in [-0.3, -0.25) is 0 Å². The first-order valence-electron chi connectivity index (χ1n) is 4.42. The summed E-state index contributed by atoms with van der Waals surface area (Å²) in [6.07, 6.45) is 1.25. The van der Waals surface area contributed by atoms with E-state index in [0.717, 1.165) is 20.9 Å². The molecule has 1 fully saturated rings. The second kappa shape index (κ2) is 3.53. The quantitative estimate of drug-likeness (QED) is 0.890. The van der Waals surface area contributed by atoms with Crippen LogP contribution >= 0.6 is 27.3 Å². The van der Waals surface area contributed by atoms with E-state index < -0.39 is 0 Å². The number of hydrogen-bond acceptors (Lipinski definition) is 4. The largest absolute Gasteiger partial charge is 0.357 e. The molecule has 1 N–H and O–H groups in total. The third-order valence-corrected chi connectivity index (χ3v) is 4.15. The number of halogens is 1. The van der Waals surface area contributed by atoms with Crippen LogP contribution in [0.5, 0.6) is 0 Å². The molecule has 0 saturated heterocycles. The summed E-state index contributed by atoms with van der Waals surface area (Å²) in [5.41, 5.74) is 0. The van der Waals surface area contributed by atoms with Crippen LogP contribution in [-0.2, 0) is 0 Å². The zero-order valence-electron chi connectivity index (χ0n) is 7.62. The van der Waals surface area contributed by atoms with E-state index in [1.165, 1.54) is 6.42 Å². The van der Waals surface area contributed by atoms with E-state index in [-0.39, 0.29) is 0 Å². The van der Waals surface area contributed by atoms with Gasteiger partial charge in [-0.2, -0.15) is 0 Å². The molecule has 0 radical (unpaired) electrons. The molecule has 3 atom stereocenters. The first kappa shape index (κ1) is 9.40. The van der Waals surface area contributed by atoms with E-state index in [1.54, 1.807) is 11.3 Å². The Hall–Kier alpha value is -0.160. The predicted molar refractivity (Wildman–Crippen MR) is 58.0 cm³/mol. The Morgan fingerprint density at radius 3 is 2.69 bits per heavy atom. The van der Waals surface area contributed by atoms with E-state index in [4.69, 9.17) is 0 Å². The maximum absolute atomic E-state index is 4.01. The van der Waals surface area contributed by atoms with Crippen molar-refractivity contribution in [3.8, 4) is 0 Å². The van der Waals surface area contributed by atoms with E-state index in [0.29, 0.717) is 6.04 Å². The second-order valence-corrected chi connectivity index (χ2v) is 5.94. The Labute approximate surface area is 90.1 Å². The third kappa shape index (κ3) is 1.86. The molecule has 1 aromatic heterocycles. The Morgan fingerprint density at radius 1 is 1.46 bits per heavy atom. The second-order valence-electron chi connectivity index (χ2n) is 3.68. The Kier molecular flexibility index (Phi) is 2.55. The third-order valence-electron chi connectivity index (χ3n) is 2.87. The minimum Gasteiger partial charge on any atom is -0.357 e. The van der Waals surface area contributed by atoms with Crippen molar-refractivity contribution in [3.63, 3.8) is 0 Å². The van der Waals surface area contributed by atoms with Gasteiger partial charge in [0.15, 0.2) is 3.92 Å². The Balaban J connectivity index is 1.93. The highest BCUT2D eigenvalue weighted by molar-refractivity contribution is 9.11. The van der Waals surface area contributed by atoms with Crippen LogP contribution in [-0.4, -0.2) is 16.2 Å². The van der Waals surface area contributed by atoms with Crippen LogP contribution in [0.15, 0.2) is 3.92 Å². The lowest BCUT2D eigenvalue weighted by molar-refractivity contribution is 0.189. The maximum atomic E-state index is 4.01. The van der Waals surface area contributed by atoms with Crippen LogP contribution in [0.4, 0.5) is 5.13 Å². The number of nitrogens with zero attached hydrogens (tertiary/aromatic N) is 2. The first-order valence-corrected chi connectivity index (χ1v) is 6.03. The van der Waals surface area contributed by atoms with Gasteiger partial charge in [0.1, 0.15) is 0 Å². The Bertz CT molecular complexity index is 301. The van der Waals surface area contributed by atoms with Crippen molar-refractivity contribution in [2.24, 2.45) is 11.8 Å². The summed E-state index contributed by atoms with van der Waals surface area (Å²) in [4.78, 5) is 0. The number of aromatic nitrogens is 2. The summed E-state index contributed by atoms with van der Waals surface area (Å²) >= 11 is 4.85. The van der Waals surface area contributed by atoms with Gasteiger partial charge >= 0.3 is 0 Å². The SMILES string of the molecule is CC1CC(Nc2nnc(Br)s2)C1C. The van der Waals surface area contributed by atoms with Gasteiger partial charge in [0.2, 0.25) is 5.13 Å². The lowest BCUT2D eigenvalue weighted by atomic mass is 9.72. The molecule has 1 heterocycles. The summed E-state index contributed by atoms with van der Waals surface area (Å²) in [5, 5.41) is 12.2. The van der Waals surface area contributed by atoms with E-state index in [9.17, 15) is 0 Å². The molecule has 1 aliphatic carbocycles. The van der Waals surface area contributed by atoms with Crippen molar-refractivity contribution in [3.05, 3.63) is 3.92 Å². The normalized spacial score (nSPS) is 32.7. The fourth-order valence-corrected chi connectivity index (χ4v) is 2.72. The molecule has 2 rings (SSSR count). The fourth-order valence-electron chi connectivity index (χ4n) is 1.64. The smallest absolute Gasteiger partial charge is 0.206 e. The lowest BCUT2D eigenvalue weighted by Crippen LogP contribution is -2.43. The van der Waals surface area contributed by atoms with Gasteiger partial charge in [-0.15, -0.1) is 10.2 Å². The lowest BCUT2D eigenvalue weighted by Gasteiger charge is -2.40. The monoisotopic (exact) mass is 261 g/mol. The van der Waals surface area contributed by atoms with Crippen molar-refractivity contribution in [2.45, 2.75) is 26.3 Å². The van der Waals surface area contributed by atoms with Crippen LogP contribution in [0.25, 0.3) is 0 Å². The molecule has 5 heteroatoms. The first-order chi connectivity index (χ1) is 6.16. The van der Waals surface area contributed by atoms with Gasteiger partial charge in [-0.25, -0.2) is 0 Å². The Morgan fingerprint density at radius 2 is 2.23 bits per heavy atom. The van der Waals surface area contributed by atoms with Crippen molar-refractivity contribution in [1.82, 2.24) is 10.2 Å². The topological polar surface area (TPSA) is 37.8 Å². The number of nitrogens with one attached hydrogen (secondary N) is 1. The van der Waals surface area contributed by atoms with E-state index >= 15 is 0 Å². The van der Waals surface area contributed by atoms with Gasteiger partial charge in [0.05, 0.1) is 0 Å². The average molecular weight is 262 g/mol. The number of anilines is 1. The van der Waals surface area contributed by atoms with Crippen molar-refractivity contribution in [1.29, 1.82) is 0 Å². The summed E-state index contributed by atoms with van der Waals surface area (Å²) in [6, 6.07) is 0.592. The fraction of sp³-hybridized carbons (Fsp3) is 0.750. The molecule has 1 aliphatic rings. The zero-order chi connectivity index (χ0) is 9.42. The van der Waals surface area contributed by atoms with Crippen molar-refractivity contribution >= 4 is 32.4 Å². The average Bonchev–Trinajstić information content (AvgIpc) is 2.50. The summed E-state index contributed by atoms with van der Waals surface area (Å²) in [5.74, 6) is 1.59. The van der Waals surface area contributed by atoms with Gasteiger partial charge in [0.25, 0.3) is 0 Å². The van der Waals surface area contributed by atoms with Crippen molar-refractivity contribution < 1.29 is 0 Å². The molecule has 3 unspecified atom stereocenters. The molecule has 72 valence electrons. The highest BCUT2D eigenvalue weighted by Crippen LogP contribution is 2.36. The summed E-state index contributed by atoms with van der Waals surface area (Å²) < 4.78 is 0.843. The van der Waals surface area contributed by atoms with Crippen LogP contribution in [0.1, 0.15) is 20.3 Å². The molecular weight excluding hydrogens is 250 g/mol. The maximum Gasteiger partial charge on any atom is 0.206 e. The molecule has 1 saturated carbocycles. The summed E-state index contributed by atoms with van der Waals surface area (Å²) in [6.45, 7) is 4.57. The van der Waals surface area contributed by atoms with Crippen molar-refractivity contribution in [2.75, 3.05) is 5.32 Å². The highest BCUT2D eigenvalue weighted by Gasteiger charge is 2.34.